The fraction of sp³-hybridized carbons (Fsp3) is 0.592. The summed E-state index contributed by atoms with van der Waals surface area (Å²) in [5.41, 5.74) is 2.51. The van der Waals surface area contributed by atoms with Crippen LogP contribution in [-0.4, -0.2) is 162 Å². The number of benzene rings is 6. The first-order valence-corrected chi connectivity index (χ1v) is 55.0. The molecule has 0 amide bonds. The Morgan fingerprint density at radius 2 is 0.588 bits per heavy atom. The van der Waals surface area contributed by atoms with Crippen molar-refractivity contribution in [2.45, 2.75) is 255 Å². The van der Waals surface area contributed by atoms with Crippen molar-refractivity contribution >= 4 is 88.0 Å². The van der Waals surface area contributed by atoms with E-state index in [-0.39, 0.29) is 58.1 Å². The number of rotatable bonds is 29. The average Bonchev–Trinajstić information content (AvgIpc) is 0.758. The van der Waals surface area contributed by atoms with Gasteiger partial charge in [0.25, 0.3) is 0 Å². The van der Waals surface area contributed by atoms with E-state index in [9.17, 15) is 72.3 Å². The van der Waals surface area contributed by atoms with Gasteiger partial charge in [-0.3, -0.25) is 9.59 Å². The lowest BCUT2D eigenvalue weighted by molar-refractivity contribution is -0.894. The lowest BCUT2D eigenvalue weighted by Crippen LogP contribution is -3.11. The molecule has 16 bridgehead atoms. The number of carbonyl (C=O) groups excluding carboxylic acids is 6. The lowest BCUT2D eigenvalue weighted by atomic mass is 9.49. The molecule has 0 radical (unpaired) electrons. The second kappa shape index (κ2) is 43.9. The van der Waals surface area contributed by atoms with Gasteiger partial charge in [-0.2, -0.15) is 17.6 Å². The molecule has 24 nitrogen and oxygen atoms in total. The van der Waals surface area contributed by atoms with Crippen molar-refractivity contribution in [3.8, 4) is 11.5 Å². The van der Waals surface area contributed by atoms with Crippen LogP contribution in [0.25, 0.3) is 0 Å². The molecule has 16 aliphatic rings. The molecule has 0 aliphatic heterocycles. The predicted molar refractivity (Wildman–Crippen MR) is 499 cm³/mol. The third kappa shape index (κ3) is 25.0. The number of quaternary nitrogens is 1. The number of esters is 6. The Balaban J connectivity index is 0.000000149. The lowest BCUT2D eigenvalue weighted by Gasteiger charge is -2.59. The van der Waals surface area contributed by atoms with Gasteiger partial charge in [0.2, 0.25) is 0 Å². The van der Waals surface area contributed by atoms with Gasteiger partial charge in [0.05, 0.1) is 62.4 Å². The molecule has 136 heavy (non-hydrogen) atoms. The van der Waals surface area contributed by atoms with E-state index in [4.69, 9.17) is 41.4 Å². The van der Waals surface area contributed by atoms with Crippen LogP contribution in [0, 0.1) is 121 Å². The van der Waals surface area contributed by atoms with Crippen LogP contribution in [0.2, 0.25) is 0 Å². The third-order valence-electron chi connectivity index (χ3n) is 30.8. The average molecular weight is 1990 g/mol. The van der Waals surface area contributed by atoms with Crippen molar-refractivity contribution in [3.05, 3.63) is 168 Å². The number of hydrogen-bond donors (Lipinski definition) is 1. The maximum Gasteiger partial charge on any atom is 0.428 e. The zero-order valence-corrected chi connectivity index (χ0v) is 83.4. The smallest absolute Gasteiger partial charge is 0.428 e. The molecule has 16 saturated carbocycles. The van der Waals surface area contributed by atoms with E-state index in [1.165, 1.54) is 113 Å². The Morgan fingerprint density at radius 1 is 0.368 bits per heavy atom. The van der Waals surface area contributed by atoms with Crippen molar-refractivity contribution in [2.24, 2.45) is 93.7 Å². The monoisotopic (exact) mass is 1990 g/mol. The number of aryl methyl sites for hydroxylation is 4. The number of alkyl halides is 4. The van der Waals surface area contributed by atoms with Crippen LogP contribution in [0.15, 0.2) is 175 Å². The van der Waals surface area contributed by atoms with E-state index in [1.54, 1.807) is 4.90 Å². The van der Waals surface area contributed by atoms with E-state index in [1.807, 2.05) is 0 Å². The molecule has 6 aromatic carbocycles. The molecule has 0 unspecified atom stereocenters. The van der Waals surface area contributed by atoms with Gasteiger partial charge >= 0.3 is 46.3 Å². The van der Waals surface area contributed by atoms with Crippen LogP contribution in [-0.2, 0) is 109 Å². The number of carbonyl (C=O) groups is 6. The fourth-order valence-electron chi connectivity index (χ4n) is 25.6. The molecule has 16 fully saturated rings. The highest BCUT2D eigenvalue weighted by molar-refractivity contribution is 7.97. The van der Waals surface area contributed by atoms with E-state index >= 15 is 0 Å². The molecule has 16 aliphatic carbocycles. The van der Waals surface area contributed by atoms with Crippen molar-refractivity contribution in [1.82, 2.24) is 0 Å². The van der Waals surface area contributed by atoms with Gasteiger partial charge in [0, 0.05) is 30.5 Å². The summed E-state index contributed by atoms with van der Waals surface area (Å²) in [6.45, 7) is 20.7. The molecule has 33 heteroatoms. The summed E-state index contributed by atoms with van der Waals surface area (Å²) in [4.78, 5) is 82.3. The van der Waals surface area contributed by atoms with Gasteiger partial charge in [-0.25, -0.2) is 44.4 Å². The second-order valence-corrected chi connectivity index (χ2v) is 48.8. The maximum atomic E-state index is 13.0. The summed E-state index contributed by atoms with van der Waals surface area (Å²) >= 11 is 0. The maximum absolute atomic E-state index is 13.0. The van der Waals surface area contributed by atoms with Gasteiger partial charge < -0.3 is 56.5 Å². The summed E-state index contributed by atoms with van der Waals surface area (Å²) in [6, 6.07) is 51.5. The van der Waals surface area contributed by atoms with Crippen molar-refractivity contribution in [1.29, 1.82) is 0 Å². The summed E-state index contributed by atoms with van der Waals surface area (Å²) in [6.07, 6.45) is 24.6. The quantitative estimate of drug-likeness (QED) is 0.0114. The molecule has 0 heterocycles. The molecule has 6 aromatic rings. The van der Waals surface area contributed by atoms with Gasteiger partial charge in [-0.05, 0) is 357 Å². The Bertz CT molecular complexity index is 4950. The molecule has 0 saturated heterocycles. The number of nitrogens with one attached hydrogen (secondary N) is 1. The first kappa shape index (κ1) is 105. The molecule has 744 valence electrons. The number of ether oxygens (including phenoxy) is 8. The van der Waals surface area contributed by atoms with Gasteiger partial charge in [-0.15, -0.1) is 0 Å². The highest BCUT2D eigenvalue weighted by atomic mass is 32.2. The second-order valence-electron chi connectivity index (χ2n) is 40.5. The first-order valence-electron chi connectivity index (χ1n) is 47.9. The molecule has 0 aromatic heterocycles. The summed E-state index contributed by atoms with van der Waals surface area (Å²) in [7, 11) is -16.7. The van der Waals surface area contributed by atoms with E-state index in [0.29, 0.717) is 65.4 Å². The zero-order valence-electron chi connectivity index (χ0n) is 79.3. The van der Waals surface area contributed by atoms with Gasteiger partial charge in [0.15, 0.2) is 62.8 Å². The normalized spacial score (nSPS) is 28.6. The highest BCUT2D eigenvalue weighted by Gasteiger charge is 2.61. The Hall–Kier alpha value is -8.15. The van der Waals surface area contributed by atoms with Crippen molar-refractivity contribution in [3.63, 3.8) is 0 Å². The van der Waals surface area contributed by atoms with Crippen LogP contribution in [0.3, 0.4) is 0 Å². The standard InChI is InChI=1S/2C33H37O3S.2C15H20F2O7S.C6H15N.CH4O3S/c2*1-22-14-30(37(28-10-6-4-7-11-28)29-12-8-5-9-13-29)15-23(2)32(22)35-21-31(34)36-33(3)26-17-24-16-25(19-26)20-27(33)18-24;2*16-15(17,25(20,21)22)13(19)24-2-1-23-12(18)14-6-9-3-10(7-14)5-11(4-9)8-14;1-4-7(5-2)6-3;1-5(2,3)4/h2*4-15,24-27H,16-21H2,1-3H3;2*9-11H,1-8H2,(H,20,21,22);4-6H2,1-3H3;1H3,(H,2,3,4)/q2*+1;;;;/p-2. The molecule has 0 atom stereocenters. The first-order chi connectivity index (χ1) is 64.2. The van der Waals surface area contributed by atoms with Gasteiger partial charge in [-0.1, -0.05) is 72.8 Å². The molecule has 1 N–H and O–H groups in total. The topological polar surface area (TPSA) is 352 Å². The molecular formula is C103H131F4NO23S5. The summed E-state index contributed by atoms with van der Waals surface area (Å²) < 4.78 is 184. The Kier molecular flexibility index (Phi) is 34.0. The molecule has 22 rings (SSSR count). The van der Waals surface area contributed by atoms with Gasteiger partial charge in [0.1, 0.15) is 49.1 Å². The van der Waals surface area contributed by atoms with Crippen LogP contribution in [0.4, 0.5) is 17.6 Å². The van der Waals surface area contributed by atoms with E-state index < -0.39 is 102 Å². The zero-order chi connectivity index (χ0) is 98.3. The molecular weight excluding hydrogens is 1860 g/mol. The Morgan fingerprint density at radius 3 is 0.801 bits per heavy atom. The minimum absolute atomic E-state index is 0.0357. The predicted octanol–water partition coefficient (Wildman–Crippen LogP) is 17.0. The molecule has 0 spiro atoms. The summed E-state index contributed by atoms with van der Waals surface area (Å²) in [5, 5.41) is -10.3. The SMILES string of the molecule is CC[NH+](CC)CC.CS(=O)(=O)[O-].Cc1cc([S+](c2ccccc2)c2ccccc2)cc(C)c1OCC(=O)OC1(C)C2CC3CC(C2)CC1C3.Cc1cc([S+](c2ccccc2)c2ccccc2)cc(C)c1OCC(=O)OC1(C)C2CC3CC(C2)CC1C3.O=C(OCCOC(=O)C(F)(F)S(=O)(=O)[O-])C12CC3CC(CC(C3)C1)C2.O=C(OCCOC(=O)C(F)(F)S(=O)(=O)[O-])C12CC3CC(CC(C3)C1)C2. The van der Waals surface area contributed by atoms with Crippen LogP contribution < -0.4 is 14.4 Å². The van der Waals surface area contributed by atoms with Crippen LogP contribution in [0.1, 0.15) is 198 Å². The summed E-state index contributed by atoms with van der Waals surface area (Å²) in [5.74, 6) is 4.01. The third-order valence-corrected chi connectivity index (χ3v) is 36.7. The number of halogens is 4. The number of hydrogen-bond acceptors (Lipinski definition) is 23. The van der Waals surface area contributed by atoms with Crippen LogP contribution >= 0.6 is 0 Å². The minimum atomic E-state index is -6.15. The van der Waals surface area contributed by atoms with Crippen molar-refractivity contribution in [2.75, 3.05) is 65.5 Å². The van der Waals surface area contributed by atoms with E-state index in [2.05, 4.69) is 217 Å². The Labute approximate surface area is 803 Å². The van der Waals surface area contributed by atoms with Crippen molar-refractivity contribution < 1.29 is 128 Å². The largest absolute Gasteiger partial charge is 0.748 e. The van der Waals surface area contributed by atoms with Crippen LogP contribution in [0.5, 0.6) is 11.5 Å². The minimum Gasteiger partial charge on any atom is -0.748 e. The fourth-order valence-corrected chi connectivity index (χ4v) is 30.7. The highest BCUT2D eigenvalue weighted by Crippen LogP contribution is 2.64. The van der Waals surface area contributed by atoms with E-state index in [0.717, 1.165) is 134 Å².